The molecule has 0 amide bonds. The molecule has 35 heavy (non-hydrogen) atoms. The van der Waals surface area contributed by atoms with Crippen molar-refractivity contribution in [2.45, 2.75) is 18.9 Å². The van der Waals surface area contributed by atoms with Gasteiger partial charge in [-0.05, 0) is 63.3 Å². The molecular formula is C26H26N8O. The first-order valence-electron chi connectivity index (χ1n) is 11.8. The molecule has 9 nitrogen and oxygen atoms in total. The standard InChI is InChI=1S/C26H26N8O/c1-32(2)18-7-11-33(12-8-18)19-3-4-20-22(14-19)31-26(30-20)25(35)17-5-10-28-24(13-17)34-16-29-21-6-9-27-15-23(21)34/h3-6,9-10,13-16,18H,7-8,11-12H2,1-2H3,(H,30,31). The lowest BCUT2D eigenvalue weighted by Crippen LogP contribution is -2.41. The Morgan fingerprint density at radius 1 is 1.03 bits per heavy atom. The smallest absolute Gasteiger partial charge is 0.228 e. The first-order chi connectivity index (χ1) is 17.1. The molecule has 1 aromatic carbocycles. The first-order valence-corrected chi connectivity index (χ1v) is 11.8. The van der Waals surface area contributed by atoms with Gasteiger partial charge in [0.05, 0.1) is 28.3 Å². The third-order valence-electron chi connectivity index (χ3n) is 6.84. The minimum absolute atomic E-state index is 0.180. The second kappa shape index (κ2) is 8.59. The van der Waals surface area contributed by atoms with Gasteiger partial charge in [-0.1, -0.05) is 0 Å². The summed E-state index contributed by atoms with van der Waals surface area (Å²) in [5.74, 6) is 0.740. The minimum Gasteiger partial charge on any atom is -0.371 e. The molecule has 0 spiro atoms. The lowest BCUT2D eigenvalue weighted by molar-refractivity contribution is 0.103. The molecule has 0 saturated carbocycles. The molecule has 4 aromatic heterocycles. The van der Waals surface area contributed by atoms with E-state index in [-0.39, 0.29) is 5.78 Å². The number of anilines is 1. The van der Waals surface area contributed by atoms with Crippen LogP contribution in [0.3, 0.4) is 0 Å². The molecule has 1 fully saturated rings. The highest BCUT2D eigenvalue weighted by Gasteiger charge is 2.22. The van der Waals surface area contributed by atoms with Crippen LogP contribution >= 0.6 is 0 Å². The summed E-state index contributed by atoms with van der Waals surface area (Å²) < 4.78 is 1.82. The summed E-state index contributed by atoms with van der Waals surface area (Å²) in [6.07, 6.45) is 9.04. The first kappa shape index (κ1) is 21.4. The molecule has 1 aliphatic rings. The molecule has 0 unspecified atom stereocenters. The summed E-state index contributed by atoms with van der Waals surface area (Å²) in [5.41, 5.74) is 4.95. The van der Waals surface area contributed by atoms with Gasteiger partial charge in [-0.3, -0.25) is 14.3 Å². The Hall–Kier alpha value is -4.11. The number of benzene rings is 1. The third-order valence-corrected chi connectivity index (χ3v) is 6.84. The van der Waals surface area contributed by atoms with Crippen molar-refractivity contribution in [1.82, 2.24) is 34.4 Å². The number of H-pyrrole nitrogens is 1. The van der Waals surface area contributed by atoms with Crippen LogP contribution < -0.4 is 4.90 Å². The van der Waals surface area contributed by atoms with Gasteiger partial charge in [-0.15, -0.1) is 0 Å². The fourth-order valence-electron chi connectivity index (χ4n) is 4.81. The van der Waals surface area contributed by atoms with Crippen molar-refractivity contribution in [3.63, 3.8) is 0 Å². The third kappa shape index (κ3) is 3.93. The Morgan fingerprint density at radius 2 is 1.89 bits per heavy atom. The van der Waals surface area contributed by atoms with Gasteiger partial charge < -0.3 is 14.8 Å². The van der Waals surface area contributed by atoms with Crippen LogP contribution in [0.2, 0.25) is 0 Å². The molecule has 6 rings (SSSR count). The number of hydrogen-bond donors (Lipinski definition) is 1. The molecule has 5 heterocycles. The molecule has 0 aliphatic carbocycles. The Labute approximate surface area is 202 Å². The van der Waals surface area contributed by atoms with E-state index in [9.17, 15) is 4.79 Å². The lowest BCUT2D eigenvalue weighted by atomic mass is 10.0. The second-order valence-electron chi connectivity index (χ2n) is 9.18. The number of imidazole rings is 2. The van der Waals surface area contributed by atoms with Crippen molar-refractivity contribution in [2.24, 2.45) is 0 Å². The predicted octanol–water partition coefficient (Wildman–Crippen LogP) is 3.45. The summed E-state index contributed by atoms with van der Waals surface area (Å²) in [6, 6.07) is 12.1. The molecule has 0 bridgehead atoms. The van der Waals surface area contributed by atoms with E-state index >= 15 is 0 Å². The number of piperidine rings is 1. The van der Waals surface area contributed by atoms with Gasteiger partial charge in [-0.2, -0.15) is 0 Å². The SMILES string of the molecule is CN(C)C1CCN(c2ccc3nc(C(=O)c4ccnc(-n5cnc6ccncc65)c4)[nH]c3c2)CC1. The lowest BCUT2D eigenvalue weighted by Gasteiger charge is -2.36. The average Bonchev–Trinajstić information content (AvgIpc) is 3.52. The van der Waals surface area contributed by atoms with Crippen molar-refractivity contribution in [2.75, 3.05) is 32.1 Å². The van der Waals surface area contributed by atoms with E-state index in [1.807, 2.05) is 16.7 Å². The van der Waals surface area contributed by atoms with Gasteiger partial charge in [0.2, 0.25) is 5.78 Å². The van der Waals surface area contributed by atoms with Gasteiger partial charge in [0, 0.05) is 42.8 Å². The normalized spacial score (nSPS) is 14.9. The fraction of sp³-hybridized carbons (Fsp3) is 0.269. The molecule has 5 aromatic rings. The molecule has 0 radical (unpaired) electrons. The van der Waals surface area contributed by atoms with Crippen LogP contribution in [0, 0.1) is 0 Å². The van der Waals surface area contributed by atoms with Crippen LogP contribution in [0.1, 0.15) is 29.0 Å². The number of rotatable bonds is 5. The van der Waals surface area contributed by atoms with E-state index < -0.39 is 0 Å². The number of ketones is 1. The zero-order valence-electron chi connectivity index (χ0n) is 19.7. The maximum Gasteiger partial charge on any atom is 0.228 e. The molecule has 1 N–H and O–H groups in total. The van der Waals surface area contributed by atoms with Gasteiger partial charge in [-0.25, -0.2) is 15.0 Å². The zero-order valence-corrected chi connectivity index (χ0v) is 19.7. The summed E-state index contributed by atoms with van der Waals surface area (Å²) in [6.45, 7) is 2.04. The second-order valence-corrected chi connectivity index (χ2v) is 9.18. The number of aromatic amines is 1. The average molecular weight is 467 g/mol. The number of fused-ring (bicyclic) bond motifs is 2. The number of aromatic nitrogens is 6. The number of carbonyl (C=O) groups is 1. The monoisotopic (exact) mass is 466 g/mol. The largest absolute Gasteiger partial charge is 0.371 e. The number of nitrogens with one attached hydrogen (secondary N) is 1. The molecule has 1 aliphatic heterocycles. The highest BCUT2D eigenvalue weighted by Crippen LogP contribution is 2.26. The van der Waals surface area contributed by atoms with E-state index in [4.69, 9.17) is 0 Å². The Bertz CT molecular complexity index is 1530. The Kier molecular flexibility index (Phi) is 5.26. The number of hydrogen-bond acceptors (Lipinski definition) is 7. The van der Waals surface area contributed by atoms with E-state index in [1.165, 1.54) is 0 Å². The highest BCUT2D eigenvalue weighted by molar-refractivity contribution is 6.08. The molecule has 1 saturated heterocycles. The molecular weight excluding hydrogens is 440 g/mol. The minimum atomic E-state index is -0.180. The predicted molar refractivity (Wildman–Crippen MR) is 135 cm³/mol. The number of nitrogens with zero attached hydrogens (tertiary/aromatic N) is 7. The van der Waals surface area contributed by atoms with Crippen molar-refractivity contribution < 1.29 is 4.79 Å². The van der Waals surface area contributed by atoms with Crippen LogP contribution in [-0.4, -0.2) is 73.4 Å². The summed E-state index contributed by atoms with van der Waals surface area (Å²) in [7, 11) is 4.30. The molecule has 176 valence electrons. The van der Waals surface area contributed by atoms with E-state index in [0.717, 1.165) is 53.7 Å². The quantitative estimate of drug-likeness (QED) is 0.396. The maximum atomic E-state index is 13.3. The topological polar surface area (TPSA) is 95.8 Å². The van der Waals surface area contributed by atoms with Crippen LogP contribution in [-0.2, 0) is 0 Å². The van der Waals surface area contributed by atoms with Gasteiger partial charge >= 0.3 is 0 Å². The fourth-order valence-corrected chi connectivity index (χ4v) is 4.81. The van der Waals surface area contributed by atoms with E-state index in [0.29, 0.717) is 23.2 Å². The number of pyridine rings is 2. The Morgan fingerprint density at radius 3 is 2.71 bits per heavy atom. The molecule has 9 heteroatoms. The summed E-state index contributed by atoms with van der Waals surface area (Å²) >= 11 is 0. The maximum absolute atomic E-state index is 13.3. The zero-order chi connectivity index (χ0) is 23.9. The highest BCUT2D eigenvalue weighted by atomic mass is 16.1. The number of carbonyl (C=O) groups excluding carboxylic acids is 1. The summed E-state index contributed by atoms with van der Waals surface area (Å²) in [4.78, 5) is 38.8. The van der Waals surface area contributed by atoms with Crippen molar-refractivity contribution in [3.8, 4) is 5.82 Å². The van der Waals surface area contributed by atoms with Crippen LogP contribution in [0.15, 0.2) is 61.3 Å². The molecule has 0 atom stereocenters. The van der Waals surface area contributed by atoms with Gasteiger partial charge in [0.15, 0.2) is 5.82 Å². The van der Waals surface area contributed by atoms with Crippen molar-refractivity contribution in [3.05, 3.63) is 72.7 Å². The van der Waals surface area contributed by atoms with Crippen LogP contribution in [0.4, 0.5) is 5.69 Å². The van der Waals surface area contributed by atoms with Crippen molar-refractivity contribution in [1.29, 1.82) is 0 Å². The van der Waals surface area contributed by atoms with Crippen LogP contribution in [0.5, 0.6) is 0 Å². The van der Waals surface area contributed by atoms with E-state index in [1.54, 1.807) is 37.1 Å². The van der Waals surface area contributed by atoms with Gasteiger partial charge in [0.1, 0.15) is 12.1 Å². The Balaban J connectivity index is 1.26. The van der Waals surface area contributed by atoms with Gasteiger partial charge in [0.25, 0.3) is 0 Å². The van der Waals surface area contributed by atoms with E-state index in [2.05, 4.69) is 60.9 Å². The van der Waals surface area contributed by atoms with Crippen molar-refractivity contribution >= 4 is 33.5 Å². The summed E-state index contributed by atoms with van der Waals surface area (Å²) in [5, 5.41) is 0. The van der Waals surface area contributed by atoms with Crippen LogP contribution in [0.25, 0.3) is 27.9 Å².